The van der Waals surface area contributed by atoms with Crippen LogP contribution in [0.4, 0.5) is 0 Å². The van der Waals surface area contributed by atoms with Gasteiger partial charge in [-0.25, -0.2) is 0 Å². The molecule has 4 heteroatoms. The Morgan fingerprint density at radius 3 is 2.36 bits per heavy atom. The summed E-state index contributed by atoms with van der Waals surface area (Å²) in [4.78, 5) is 11.9. The molecule has 3 N–H and O–H groups in total. The highest BCUT2D eigenvalue weighted by atomic mass is 16.5. The number of hydrogen-bond acceptors (Lipinski definition) is 3. The summed E-state index contributed by atoms with van der Waals surface area (Å²) in [6.07, 6.45) is 1.48. The van der Waals surface area contributed by atoms with E-state index in [1.807, 2.05) is 54.6 Å². The third-order valence-electron chi connectivity index (χ3n) is 3.95. The van der Waals surface area contributed by atoms with Gasteiger partial charge in [0.05, 0.1) is 6.04 Å². The summed E-state index contributed by atoms with van der Waals surface area (Å²) in [5.74, 6) is 1.19. The summed E-state index contributed by atoms with van der Waals surface area (Å²) in [7, 11) is 0. The molecule has 2 aromatic rings. The van der Waals surface area contributed by atoms with Crippen molar-refractivity contribution in [3.63, 3.8) is 0 Å². The predicted octanol–water partition coefficient (Wildman–Crippen LogP) is 3.30. The molecule has 2 rings (SSSR count). The fourth-order valence-corrected chi connectivity index (χ4v) is 2.57. The first-order chi connectivity index (χ1) is 12.0. The molecular formula is C21H28N2O2. The van der Waals surface area contributed by atoms with Gasteiger partial charge in [-0.1, -0.05) is 56.3 Å². The van der Waals surface area contributed by atoms with E-state index in [9.17, 15) is 4.79 Å². The summed E-state index contributed by atoms with van der Waals surface area (Å²) >= 11 is 0. The van der Waals surface area contributed by atoms with Crippen LogP contribution in [0.3, 0.4) is 0 Å². The molecule has 0 unspecified atom stereocenters. The Bertz CT molecular complexity index is 639. The molecule has 2 aromatic carbocycles. The van der Waals surface area contributed by atoms with Crippen LogP contribution in [0.2, 0.25) is 0 Å². The number of carbonyl (C=O) groups excluding carboxylic acids is 1. The first-order valence-corrected chi connectivity index (χ1v) is 8.83. The average molecular weight is 340 g/mol. The Kier molecular flexibility index (Phi) is 7.48. The van der Waals surface area contributed by atoms with Crippen molar-refractivity contribution in [3.8, 4) is 5.75 Å². The van der Waals surface area contributed by atoms with E-state index in [1.165, 1.54) is 0 Å². The highest BCUT2D eigenvalue weighted by molar-refractivity contribution is 5.81. The molecule has 0 aliphatic heterocycles. The number of ether oxygens (including phenoxy) is 1. The van der Waals surface area contributed by atoms with E-state index in [2.05, 4.69) is 19.2 Å². The lowest BCUT2D eigenvalue weighted by atomic mass is 10.0. The number of carbonyl (C=O) groups is 1. The molecule has 25 heavy (non-hydrogen) atoms. The Morgan fingerprint density at radius 1 is 1.04 bits per heavy atom. The lowest BCUT2D eigenvalue weighted by molar-refractivity contribution is -0.122. The number of nitrogens with two attached hydrogens (primary N) is 1. The number of amides is 1. The van der Waals surface area contributed by atoms with E-state index in [1.54, 1.807) is 0 Å². The van der Waals surface area contributed by atoms with Gasteiger partial charge >= 0.3 is 0 Å². The molecule has 0 saturated heterocycles. The molecule has 1 amide bonds. The normalized spacial score (nSPS) is 12.0. The molecule has 4 nitrogen and oxygen atoms in total. The second kappa shape index (κ2) is 9.84. The van der Waals surface area contributed by atoms with Crippen molar-refractivity contribution in [1.29, 1.82) is 0 Å². The fraction of sp³-hybridized carbons (Fsp3) is 0.381. The fourth-order valence-electron chi connectivity index (χ4n) is 2.57. The van der Waals surface area contributed by atoms with E-state index in [4.69, 9.17) is 10.5 Å². The zero-order valence-corrected chi connectivity index (χ0v) is 15.1. The predicted molar refractivity (Wildman–Crippen MR) is 101 cm³/mol. The van der Waals surface area contributed by atoms with Gasteiger partial charge in [0.15, 0.2) is 0 Å². The van der Waals surface area contributed by atoms with Crippen LogP contribution < -0.4 is 15.8 Å². The smallest absolute Gasteiger partial charge is 0.236 e. The number of hydrogen-bond donors (Lipinski definition) is 2. The third kappa shape index (κ3) is 6.98. The van der Waals surface area contributed by atoms with E-state index < -0.39 is 6.04 Å². The van der Waals surface area contributed by atoms with Crippen LogP contribution in [0.25, 0.3) is 0 Å². The van der Waals surface area contributed by atoms with E-state index >= 15 is 0 Å². The quantitative estimate of drug-likeness (QED) is 0.736. The van der Waals surface area contributed by atoms with Crippen LogP contribution in [0, 0.1) is 5.92 Å². The molecule has 0 bridgehead atoms. The Labute approximate surface area is 150 Å². The minimum Gasteiger partial charge on any atom is -0.489 e. The standard InChI is InChI=1S/C21H28N2O2/c1-16(2)14-20(22)21(24)23-13-12-17-8-10-19(11-9-17)25-15-18-6-4-3-5-7-18/h3-11,16,20H,12-15,22H2,1-2H3,(H,23,24)/t20-/m0/s1. The van der Waals surface area contributed by atoms with Crippen LogP contribution in [0.5, 0.6) is 5.75 Å². The molecular weight excluding hydrogens is 312 g/mol. The van der Waals surface area contributed by atoms with Crippen molar-refractivity contribution in [1.82, 2.24) is 5.32 Å². The van der Waals surface area contributed by atoms with Gasteiger partial charge < -0.3 is 15.8 Å². The van der Waals surface area contributed by atoms with Crippen LogP contribution >= 0.6 is 0 Å². The second-order valence-corrected chi connectivity index (χ2v) is 6.70. The monoisotopic (exact) mass is 340 g/mol. The molecule has 0 aromatic heterocycles. The molecule has 0 aliphatic rings. The summed E-state index contributed by atoms with van der Waals surface area (Å²) in [5.41, 5.74) is 8.17. The van der Waals surface area contributed by atoms with Crippen LogP contribution in [0.15, 0.2) is 54.6 Å². The van der Waals surface area contributed by atoms with Crippen molar-refractivity contribution < 1.29 is 9.53 Å². The van der Waals surface area contributed by atoms with Gasteiger partial charge in [-0.15, -0.1) is 0 Å². The van der Waals surface area contributed by atoms with Gasteiger partial charge in [0.25, 0.3) is 0 Å². The number of rotatable bonds is 9. The molecule has 0 heterocycles. The number of benzene rings is 2. The molecule has 1 atom stereocenters. The minimum absolute atomic E-state index is 0.0727. The lowest BCUT2D eigenvalue weighted by Gasteiger charge is -2.14. The van der Waals surface area contributed by atoms with E-state index in [-0.39, 0.29) is 5.91 Å². The maximum atomic E-state index is 11.9. The van der Waals surface area contributed by atoms with Crippen molar-refractivity contribution in [2.24, 2.45) is 11.7 Å². The average Bonchev–Trinajstić information content (AvgIpc) is 2.61. The SMILES string of the molecule is CC(C)C[C@H](N)C(=O)NCCc1ccc(OCc2ccccc2)cc1. The van der Waals surface area contributed by atoms with Crippen molar-refractivity contribution >= 4 is 5.91 Å². The maximum Gasteiger partial charge on any atom is 0.236 e. The summed E-state index contributed by atoms with van der Waals surface area (Å²) in [6, 6.07) is 17.6. The van der Waals surface area contributed by atoms with E-state index in [0.717, 1.165) is 23.3 Å². The maximum absolute atomic E-state index is 11.9. The van der Waals surface area contributed by atoms with Crippen LogP contribution in [-0.4, -0.2) is 18.5 Å². The second-order valence-electron chi connectivity index (χ2n) is 6.70. The van der Waals surface area contributed by atoms with Gasteiger partial charge in [0.2, 0.25) is 5.91 Å². The van der Waals surface area contributed by atoms with Crippen molar-refractivity contribution in [2.75, 3.05) is 6.54 Å². The first kappa shape index (κ1) is 19.0. The summed E-state index contributed by atoms with van der Waals surface area (Å²) < 4.78 is 5.77. The van der Waals surface area contributed by atoms with Gasteiger partial charge in [-0.3, -0.25) is 4.79 Å². The molecule has 0 saturated carbocycles. The highest BCUT2D eigenvalue weighted by Crippen LogP contribution is 2.14. The lowest BCUT2D eigenvalue weighted by Crippen LogP contribution is -2.42. The van der Waals surface area contributed by atoms with Crippen LogP contribution in [-0.2, 0) is 17.8 Å². The minimum atomic E-state index is -0.422. The third-order valence-corrected chi connectivity index (χ3v) is 3.95. The zero-order chi connectivity index (χ0) is 18.1. The Morgan fingerprint density at radius 2 is 1.72 bits per heavy atom. The summed E-state index contributed by atoms with van der Waals surface area (Å²) in [6.45, 7) is 5.28. The topological polar surface area (TPSA) is 64.4 Å². The molecule has 0 fully saturated rings. The van der Waals surface area contributed by atoms with Gasteiger partial charge in [-0.2, -0.15) is 0 Å². The zero-order valence-electron chi connectivity index (χ0n) is 15.1. The molecule has 0 spiro atoms. The first-order valence-electron chi connectivity index (χ1n) is 8.83. The van der Waals surface area contributed by atoms with Gasteiger partial charge in [-0.05, 0) is 42.0 Å². The van der Waals surface area contributed by atoms with Gasteiger partial charge in [0.1, 0.15) is 12.4 Å². The van der Waals surface area contributed by atoms with Crippen molar-refractivity contribution in [3.05, 3.63) is 65.7 Å². The summed E-state index contributed by atoms with van der Waals surface area (Å²) in [5, 5.41) is 2.90. The molecule has 0 radical (unpaired) electrons. The largest absolute Gasteiger partial charge is 0.489 e. The van der Waals surface area contributed by atoms with Crippen LogP contribution in [0.1, 0.15) is 31.4 Å². The Balaban J connectivity index is 1.72. The Hall–Kier alpha value is -2.33. The molecule has 134 valence electrons. The number of nitrogens with one attached hydrogen (secondary N) is 1. The van der Waals surface area contributed by atoms with Crippen molar-refractivity contribution in [2.45, 2.75) is 39.3 Å². The highest BCUT2D eigenvalue weighted by Gasteiger charge is 2.13. The van der Waals surface area contributed by atoms with E-state index in [0.29, 0.717) is 25.5 Å². The molecule has 0 aliphatic carbocycles. The van der Waals surface area contributed by atoms with Gasteiger partial charge in [0, 0.05) is 6.54 Å².